The molecule has 10 unspecified atom stereocenters. The summed E-state index contributed by atoms with van der Waals surface area (Å²) in [7, 11) is 0. The summed E-state index contributed by atoms with van der Waals surface area (Å²) < 4.78 is 12.0. The second kappa shape index (κ2) is 5.61. The number of ether oxygens (including phenoxy) is 2. The second-order valence-electron chi connectivity index (χ2n) is 8.99. The first-order valence-electron chi connectivity index (χ1n) is 9.35. The van der Waals surface area contributed by atoms with Crippen LogP contribution in [0.25, 0.3) is 0 Å². The van der Waals surface area contributed by atoms with E-state index in [0.29, 0.717) is 12.8 Å². The van der Waals surface area contributed by atoms with E-state index in [1.165, 1.54) is 0 Å². The van der Waals surface area contributed by atoms with Gasteiger partial charge in [-0.2, -0.15) is 0 Å². The first-order chi connectivity index (χ1) is 11.7. The van der Waals surface area contributed by atoms with Crippen LogP contribution in [0.15, 0.2) is 0 Å². The van der Waals surface area contributed by atoms with E-state index in [-0.39, 0.29) is 22.9 Å². The highest BCUT2D eigenvalue weighted by Crippen LogP contribution is 2.76. The Morgan fingerprint density at radius 3 is 2.40 bits per heavy atom. The summed E-state index contributed by atoms with van der Waals surface area (Å²) in [5, 5.41) is 50.2. The highest BCUT2D eigenvalue weighted by molar-refractivity contribution is 5.24. The van der Waals surface area contributed by atoms with Gasteiger partial charge in [0.25, 0.3) is 0 Å². The molecule has 4 rings (SSSR count). The Labute approximate surface area is 147 Å². The maximum atomic E-state index is 10.5. The first-order valence-corrected chi connectivity index (χ1v) is 9.35. The van der Waals surface area contributed by atoms with Gasteiger partial charge in [-0.3, -0.25) is 0 Å². The lowest BCUT2D eigenvalue weighted by molar-refractivity contribution is -0.346. The molecule has 7 heteroatoms. The molecule has 0 spiro atoms. The number of rotatable bonds is 3. The largest absolute Gasteiger partial charge is 0.394 e. The third-order valence-corrected chi connectivity index (χ3v) is 8.18. The fraction of sp³-hybridized carbons (Fsp3) is 1.00. The van der Waals surface area contributed by atoms with Crippen LogP contribution < -0.4 is 0 Å². The first kappa shape index (κ1) is 18.1. The molecule has 0 aromatic rings. The number of aliphatic hydroxyl groups excluding tert-OH is 5. The Bertz CT molecular complexity index is 542. The van der Waals surface area contributed by atoms with E-state index in [4.69, 9.17) is 9.47 Å². The van der Waals surface area contributed by atoms with Crippen molar-refractivity contribution in [3.63, 3.8) is 0 Å². The minimum Gasteiger partial charge on any atom is -0.394 e. The van der Waals surface area contributed by atoms with Crippen LogP contribution in [-0.2, 0) is 9.47 Å². The van der Waals surface area contributed by atoms with Crippen molar-refractivity contribution in [1.82, 2.24) is 0 Å². The fourth-order valence-electron chi connectivity index (χ4n) is 6.48. The topological polar surface area (TPSA) is 120 Å². The fourth-order valence-corrected chi connectivity index (χ4v) is 6.48. The SMILES string of the molecule is CC12CCCC3(OC4OC(CO)C(O)C(O)C4O)CC1C(O)CC32C. The molecule has 4 aliphatic rings. The van der Waals surface area contributed by atoms with Crippen LogP contribution in [0.1, 0.15) is 46.0 Å². The second-order valence-corrected chi connectivity index (χ2v) is 8.99. The van der Waals surface area contributed by atoms with Crippen LogP contribution in [0.2, 0.25) is 0 Å². The summed E-state index contributed by atoms with van der Waals surface area (Å²) in [5.41, 5.74) is -0.780. The zero-order chi connectivity index (χ0) is 18.2. The molecule has 1 aliphatic heterocycles. The molecule has 1 heterocycles. The summed E-state index contributed by atoms with van der Waals surface area (Å²) >= 11 is 0. The van der Waals surface area contributed by atoms with E-state index in [1.54, 1.807) is 0 Å². The molecule has 4 fully saturated rings. The van der Waals surface area contributed by atoms with Crippen LogP contribution in [0.4, 0.5) is 0 Å². The average Bonchev–Trinajstić information content (AvgIpc) is 2.79. The summed E-state index contributed by atoms with van der Waals surface area (Å²) in [6, 6.07) is 0. The van der Waals surface area contributed by atoms with Gasteiger partial charge in [0.1, 0.15) is 24.4 Å². The van der Waals surface area contributed by atoms with Crippen LogP contribution in [-0.4, -0.2) is 74.6 Å². The van der Waals surface area contributed by atoms with Crippen molar-refractivity contribution >= 4 is 0 Å². The Morgan fingerprint density at radius 1 is 1.00 bits per heavy atom. The Kier molecular flexibility index (Phi) is 4.06. The average molecular weight is 358 g/mol. The van der Waals surface area contributed by atoms with Gasteiger partial charge in [0, 0.05) is 5.41 Å². The van der Waals surface area contributed by atoms with Gasteiger partial charge in [-0.05, 0) is 43.4 Å². The summed E-state index contributed by atoms with van der Waals surface area (Å²) in [5.74, 6) is 0.157. The van der Waals surface area contributed by atoms with E-state index < -0.39 is 42.9 Å². The molecule has 5 N–H and O–H groups in total. The quantitative estimate of drug-likeness (QED) is 0.462. The molecular weight excluding hydrogens is 328 g/mol. The van der Waals surface area contributed by atoms with E-state index in [0.717, 1.165) is 19.3 Å². The lowest BCUT2D eigenvalue weighted by Gasteiger charge is -2.55. The van der Waals surface area contributed by atoms with Crippen LogP contribution in [0, 0.1) is 16.7 Å². The predicted molar refractivity (Wildman–Crippen MR) is 86.4 cm³/mol. The van der Waals surface area contributed by atoms with Gasteiger partial charge in [-0.25, -0.2) is 0 Å². The molecule has 0 radical (unpaired) electrons. The minimum atomic E-state index is -1.43. The highest BCUT2D eigenvalue weighted by atomic mass is 16.7. The zero-order valence-electron chi connectivity index (χ0n) is 14.8. The third kappa shape index (κ3) is 2.12. The van der Waals surface area contributed by atoms with Crippen LogP contribution in [0.5, 0.6) is 0 Å². The molecule has 0 amide bonds. The Balaban J connectivity index is 1.62. The van der Waals surface area contributed by atoms with Crippen molar-refractivity contribution < 1.29 is 35.0 Å². The molecular formula is C18H30O7. The molecule has 4 bridgehead atoms. The van der Waals surface area contributed by atoms with E-state index in [1.807, 2.05) is 0 Å². The molecule has 1 saturated heterocycles. The molecule has 0 aromatic carbocycles. The normalized spacial score (nSPS) is 60.8. The lowest BCUT2D eigenvalue weighted by Crippen LogP contribution is -2.63. The van der Waals surface area contributed by atoms with Gasteiger partial charge in [0.15, 0.2) is 6.29 Å². The number of aliphatic hydroxyl groups is 5. The molecule has 0 aromatic heterocycles. The summed E-state index contributed by atoms with van der Waals surface area (Å²) in [4.78, 5) is 0. The summed E-state index contributed by atoms with van der Waals surface area (Å²) in [6.07, 6.45) is -2.40. The number of hydrogen-bond donors (Lipinski definition) is 5. The van der Waals surface area contributed by atoms with Crippen molar-refractivity contribution in [2.24, 2.45) is 16.7 Å². The maximum Gasteiger partial charge on any atom is 0.187 e. The highest BCUT2D eigenvalue weighted by Gasteiger charge is 2.75. The van der Waals surface area contributed by atoms with Gasteiger partial charge in [0.2, 0.25) is 0 Å². The van der Waals surface area contributed by atoms with Gasteiger partial charge in [0.05, 0.1) is 18.3 Å². The van der Waals surface area contributed by atoms with Gasteiger partial charge >= 0.3 is 0 Å². The smallest absolute Gasteiger partial charge is 0.187 e. The third-order valence-electron chi connectivity index (χ3n) is 8.18. The monoisotopic (exact) mass is 358 g/mol. The van der Waals surface area contributed by atoms with Crippen LogP contribution >= 0.6 is 0 Å². The van der Waals surface area contributed by atoms with Crippen molar-refractivity contribution in [3.8, 4) is 0 Å². The molecule has 7 nitrogen and oxygen atoms in total. The van der Waals surface area contributed by atoms with Crippen molar-refractivity contribution in [2.75, 3.05) is 6.61 Å². The zero-order valence-corrected chi connectivity index (χ0v) is 14.8. The Morgan fingerprint density at radius 2 is 1.72 bits per heavy atom. The van der Waals surface area contributed by atoms with Crippen LogP contribution in [0.3, 0.4) is 0 Å². The Hall–Kier alpha value is -0.280. The van der Waals surface area contributed by atoms with Gasteiger partial charge in [-0.15, -0.1) is 0 Å². The van der Waals surface area contributed by atoms with E-state index >= 15 is 0 Å². The van der Waals surface area contributed by atoms with E-state index in [2.05, 4.69) is 13.8 Å². The predicted octanol–water partition coefficient (Wildman–Crippen LogP) is -0.477. The molecule has 3 saturated carbocycles. The van der Waals surface area contributed by atoms with E-state index in [9.17, 15) is 25.5 Å². The molecule has 144 valence electrons. The molecule has 25 heavy (non-hydrogen) atoms. The van der Waals surface area contributed by atoms with Gasteiger partial charge in [-0.1, -0.05) is 13.8 Å². The van der Waals surface area contributed by atoms with Gasteiger partial charge < -0.3 is 35.0 Å². The van der Waals surface area contributed by atoms with Crippen molar-refractivity contribution in [3.05, 3.63) is 0 Å². The summed E-state index contributed by atoms with van der Waals surface area (Å²) in [6.45, 7) is 3.92. The maximum absolute atomic E-state index is 10.5. The minimum absolute atomic E-state index is 0.0151. The van der Waals surface area contributed by atoms with Crippen molar-refractivity contribution in [2.45, 2.75) is 88.4 Å². The molecule has 10 atom stereocenters. The number of hydrogen-bond acceptors (Lipinski definition) is 7. The standard InChI is InChI=1S/C18H30O7/c1-16-4-3-5-18(6-9(16)10(20)7-17(16,18)2)25-15-14(23)13(22)12(21)11(8-19)24-15/h9-15,19-23H,3-8H2,1-2H3. The van der Waals surface area contributed by atoms with Crippen molar-refractivity contribution in [1.29, 1.82) is 0 Å². The molecule has 3 aliphatic carbocycles. The lowest BCUT2D eigenvalue weighted by atomic mass is 9.57.